The molecule has 2 nitrogen and oxygen atoms in total. The van der Waals surface area contributed by atoms with Crippen LogP contribution in [0.4, 0.5) is 0 Å². The SMILES string of the molecule is Cl.NC12CCC(CC1)OC2. The Morgan fingerprint density at radius 2 is 1.90 bits per heavy atom. The van der Waals surface area contributed by atoms with Gasteiger partial charge in [0, 0.05) is 5.54 Å². The molecule has 0 radical (unpaired) electrons. The topological polar surface area (TPSA) is 35.2 Å². The van der Waals surface area contributed by atoms with Crippen molar-refractivity contribution < 1.29 is 4.74 Å². The summed E-state index contributed by atoms with van der Waals surface area (Å²) in [5.41, 5.74) is 6.04. The van der Waals surface area contributed by atoms with Crippen molar-refractivity contribution in [2.45, 2.75) is 37.3 Å². The summed E-state index contributed by atoms with van der Waals surface area (Å²) in [7, 11) is 0. The Kier molecular flexibility index (Phi) is 2.23. The van der Waals surface area contributed by atoms with Gasteiger partial charge in [-0.15, -0.1) is 12.4 Å². The van der Waals surface area contributed by atoms with Gasteiger partial charge in [0.1, 0.15) is 0 Å². The maximum absolute atomic E-state index is 5.97. The van der Waals surface area contributed by atoms with Crippen LogP contribution in [0.3, 0.4) is 0 Å². The van der Waals surface area contributed by atoms with Crippen LogP contribution in [-0.4, -0.2) is 18.2 Å². The van der Waals surface area contributed by atoms with Crippen LogP contribution in [0.5, 0.6) is 0 Å². The first-order valence-corrected chi connectivity index (χ1v) is 3.69. The molecule has 3 aliphatic rings. The molecule has 2 heterocycles. The van der Waals surface area contributed by atoms with Crippen molar-refractivity contribution in [1.82, 2.24) is 0 Å². The third kappa shape index (κ3) is 1.29. The zero-order valence-electron chi connectivity index (χ0n) is 6.01. The average molecular weight is 164 g/mol. The maximum atomic E-state index is 5.97. The highest BCUT2D eigenvalue weighted by Crippen LogP contribution is 2.33. The van der Waals surface area contributed by atoms with Gasteiger partial charge < -0.3 is 10.5 Å². The summed E-state index contributed by atoms with van der Waals surface area (Å²) in [6, 6.07) is 0. The van der Waals surface area contributed by atoms with Gasteiger partial charge in [0.15, 0.2) is 0 Å². The van der Waals surface area contributed by atoms with Gasteiger partial charge in [-0.2, -0.15) is 0 Å². The van der Waals surface area contributed by atoms with Gasteiger partial charge in [-0.1, -0.05) is 0 Å². The molecule has 2 N–H and O–H groups in total. The Balaban J connectivity index is 0.000000500. The third-order valence-electron chi connectivity index (χ3n) is 2.53. The molecule has 0 aromatic carbocycles. The summed E-state index contributed by atoms with van der Waals surface area (Å²) in [5, 5.41) is 0. The quantitative estimate of drug-likeness (QED) is 0.580. The van der Waals surface area contributed by atoms with Gasteiger partial charge in [0.25, 0.3) is 0 Å². The third-order valence-corrected chi connectivity index (χ3v) is 2.53. The predicted molar refractivity (Wildman–Crippen MR) is 42.4 cm³/mol. The second kappa shape index (κ2) is 2.68. The van der Waals surface area contributed by atoms with Crippen molar-refractivity contribution in [3.8, 4) is 0 Å². The Morgan fingerprint density at radius 3 is 2.10 bits per heavy atom. The van der Waals surface area contributed by atoms with E-state index in [1.54, 1.807) is 0 Å². The van der Waals surface area contributed by atoms with Crippen LogP contribution < -0.4 is 5.73 Å². The summed E-state index contributed by atoms with van der Waals surface area (Å²) in [5.74, 6) is 0. The first kappa shape index (κ1) is 8.31. The molecule has 3 fully saturated rings. The van der Waals surface area contributed by atoms with Crippen LogP contribution in [0.25, 0.3) is 0 Å². The minimum atomic E-state index is 0. The van der Waals surface area contributed by atoms with Crippen LogP contribution >= 0.6 is 12.4 Å². The highest BCUT2D eigenvalue weighted by molar-refractivity contribution is 5.85. The molecule has 60 valence electrons. The number of rotatable bonds is 0. The molecule has 1 aliphatic carbocycles. The van der Waals surface area contributed by atoms with Crippen molar-refractivity contribution in [1.29, 1.82) is 0 Å². The van der Waals surface area contributed by atoms with Gasteiger partial charge in [-0.05, 0) is 25.7 Å². The second-order valence-corrected chi connectivity index (χ2v) is 3.37. The van der Waals surface area contributed by atoms with E-state index in [1.807, 2.05) is 0 Å². The molecule has 3 rings (SSSR count). The molecule has 0 atom stereocenters. The first-order valence-electron chi connectivity index (χ1n) is 3.69. The van der Waals surface area contributed by atoms with Gasteiger partial charge in [0.2, 0.25) is 0 Å². The van der Waals surface area contributed by atoms with Gasteiger partial charge >= 0.3 is 0 Å². The van der Waals surface area contributed by atoms with E-state index in [4.69, 9.17) is 10.5 Å². The zero-order valence-corrected chi connectivity index (χ0v) is 6.82. The highest BCUT2D eigenvalue weighted by Gasteiger charge is 2.37. The molecule has 10 heavy (non-hydrogen) atoms. The standard InChI is InChI=1S/C7H13NO.ClH/c8-7-3-1-6(2-4-7)9-5-7;/h6H,1-5,8H2;1H. The normalized spacial score (nSPS) is 44.7. The number of halogens is 1. The second-order valence-electron chi connectivity index (χ2n) is 3.37. The number of fused-ring (bicyclic) bond motifs is 3. The molecule has 0 unspecified atom stereocenters. The lowest BCUT2D eigenvalue weighted by Crippen LogP contribution is -2.54. The Labute approximate surface area is 67.5 Å². The summed E-state index contributed by atoms with van der Waals surface area (Å²) < 4.78 is 5.45. The van der Waals surface area contributed by atoms with Crippen molar-refractivity contribution in [3.05, 3.63) is 0 Å². The monoisotopic (exact) mass is 163 g/mol. The Morgan fingerprint density at radius 1 is 1.30 bits per heavy atom. The van der Waals surface area contributed by atoms with Crippen molar-refractivity contribution >= 4 is 12.4 Å². The van der Waals surface area contributed by atoms with Gasteiger partial charge in [-0.25, -0.2) is 0 Å². The molecule has 0 amide bonds. The van der Waals surface area contributed by atoms with E-state index < -0.39 is 0 Å². The van der Waals surface area contributed by atoms with E-state index in [9.17, 15) is 0 Å². The fraction of sp³-hybridized carbons (Fsp3) is 1.00. The summed E-state index contributed by atoms with van der Waals surface area (Å²) >= 11 is 0. The van der Waals surface area contributed by atoms with Crippen molar-refractivity contribution in [3.63, 3.8) is 0 Å². The van der Waals surface area contributed by atoms with Crippen LogP contribution in [0, 0.1) is 0 Å². The fourth-order valence-electron chi connectivity index (χ4n) is 1.76. The smallest absolute Gasteiger partial charge is 0.0649 e. The van der Waals surface area contributed by atoms with Gasteiger partial charge in [0.05, 0.1) is 12.7 Å². The molecule has 2 aliphatic heterocycles. The number of hydrogen-bond acceptors (Lipinski definition) is 2. The van der Waals surface area contributed by atoms with Crippen molar-refractivity contribution in [2.24, 2.45) is 5.73 Å². The molecule has 0 spiro atoms. The molecule has 3 heteroatoms. The maximum Gasteiger partial charge on any atom is 0.0649 e. The van der Waals surface area contributed by atoms with E-state index in [1.165, 1.54) is 25.7 Å². The Bertz CT molecular complexity index is 107. The molecular formula is C7H14ClNO. The number of nitrogens with two attached hydrogens (primary N) is 1. The predicted octanol–water partition coefficient (Wildman–Crippen LogP) is 1.08. The van der Waals surface area contributed by atoms with E-state index in [-0.39, 0.29) is 17.9 Å². The molecule has 2 bridgehead atoms. The minimum absolute atomic E-state index is 0. The number of hydrogen-bond donors (Lipinski definition) is 1. The lowest BCUT2D eigenvalue weighted by Gasteiger charge is -2.43. The zero-order chi connectivity index (χ0) is 6.32. The lowest BCUT2D eigenvalue weighted by molar-refractivity contribution is -0.0746. The fourth-order valence-corrected chi connectivity index (χ4v) is 1.76. The summed E-state index contributed by atoms with van der Waals surface area (Å²) in [6.07, 6.45) is 5.29. The molecular weight excluding hydrogens is 150 g/mol. The van der Waals surface area contributed by atoms with E-state index in [0.29, 0.717) is 6.10 Å². The summed E-state index contributed by atoms with van der Waals surface area (Å²) in [6.45, 7) is 0.803. The van der Waals surface area contributed by atoms with E-state index in [0.717, 1.165) is 6.61 Å². The van der Waals surface area contributed by atoms with Crippen molar-refractivity contribution in [2.75, 3.05) is 6.61 Å². The average Bonchev–Trinajstić information content (AvgIpc) is 1.90. The number of ether oxygens (including phenoxy) is 1. The van der Waals surface area contributed by atoms with E-state index >= 15 is 0 Å². The highest BCUT2D eigenvalue weighted by atomic mass is 35.5. The van der Waals surface area contributed by atoms with Crippen LogP contribution in [0.15, 0.2) is 0 Å². The molecule has 2 saturated heterocycles. The van der Waals surface area contributed by atoms with E-state index in [2.05, 4.69) is 0 Å². The lowest BCUT2D eigenvalue weighted by atomic mass is 9.79. The largest absolute Gasteiger partial charge is 0.376 e. The minimum Gasteiger partial charge on any atom is -0.376 e. The van der Waals surface area contributed by atoms with Crippen LogP contribution in [0.2, 0.25) is 0 Å². The van der Waals surface area contributed by atoms with Gasteiger partial charge in [-0.3, -0.25) is 0 Å². The summed E-state index contributed by atoms with van der Waals surface area (Å²) in [4.78, 5) is 0. The molecule has 1 saturated carbocycles. The van der Waals surface area contributed by atoms with Crippen LogP contribution in [-0.2, 0) is 4.74 Å². The molecule has 0 aromatic heterocycles. The first-order chi connectivity index (χ1) is 4.29. The molecule has 0 aromatic rings. The Hall–Kier alpha value is 0.210. The van der Waals surface area contributed by atoms with Crippen LogP contribution in [0.1, 0.15) is 25.7 Å².